The van der Waals surface area contributed by atoms with Gasteiger partial charge in [0.25, 0.3) is 0 Å². The zero-order valence-electron chi connectivity index (χ0n) is 52.2. The second-order valence-electron chi connectivity index (χ2n) is 28.4. The lowest BCUT2D eigenvalue weighted by atomic mass is 9.70. The smallest absolute Gasteiger partial charge is 0.161 e. The highest BCUT2D eigenvalue weighted by Crippen LogP contribution is 2.71. The van der Waals surface area contributed by atoms with E-state index in [1.165, 1.54) is 33.4 Å². The van der Waals surface area contributed by atoms with Crippen LogP contribution in [-0.4, -0.2) is 117 Å². The molecule has 456 valence electrons. The molecule has 12 nitrogen and oxygen atoms in total. The third-order valence-electron chi connectivity index (χ3n) is 18.5. The molecule has 12 bridgehead atoms. The Balaban J connectivity index is 0.973. The van der Waals surface area contributed by atoms with Gasteiger partial charge in [0, 0.05) is 22.5 Å². The van der Waals surface area contributed by atoms with Crippen molar-refractivity contribution in [3.63, 3.8) is 0 Å². The van der Waals surface area contributed by atoms with Crippen molar-refractivity contribution < 1.29 is 56.8 Å². The molecule has 8 aliphatic rings. The molecule has 6 atom stereocenters. The minimum Gasteiger partial charge on any atom is -0.491 e. The summed E-state index contributed by atoms with van der Waals surface area (Å²) in [6.45, 7) is 29.6. The number of ether oxygens (including phenoxy) is 12. The Morgan fingerprint density at radius 2 is 0.964 bits per heavy atom. The molecule has 4 aromatic rings. The van der Waals surface area contributed by atoms with Gasteiger partial charge in [-0.2, -0.15) is 0 Å². The summed E-state index contributed by atoms with van der Waals surface area (Å²) >= 11 is 0. The largest absolute Gasteiger partial charge is 0.491 e. The van der Waals surface area contributed by atoms with Crippen molar-refractivity contribution in [1.29, 1.82) is 0 Å². The van der Waals surface area contributed by atoms with Gasteiger partial charge in [0.05, 0.1) is 77.8 Å². The van der Waals surface area contributed by atoms with Crippen molar-refractivity contribution in [2.75, 3.05) is 106 Å². The average molecular weight is 1150 g/mol. The van der Waals surface area contributed by atoms with E-state index in [2.05, 4.69) is 136 Å². The Morgan fingerprint density at radius 3 is 1.54 bits per heavy atom. The predicted molar refractivity (Wildman–Crippen MR) is 326 cm³/mol. The highest BCUT2D eigenvalue weighted by molar-refractivity contribution is 5.55. The highest BCUT2D eigenvalue weighted by atomic mass is 16.6. The lowest BCUT2D eigenvalue weighted by Gasteiger charge is -2.41. The highest BCUT2D eigenvalue weighted by Gasteiger charge is 2.74. The number of fused-ring (bicyclic) bond motifs is 24. The Hall–Kier alpha value is -4.56. The minimum atomic E-state index is -0.438. The van der Waals surface area contributed by atoms with Gasteiger partial charge in [-0.15, -0.1) is 0 Å². The van der Waals surface area contributed by atoms with Gasteiger partial charge in [0.1, 0.15) is 51.1 Å². The maximum absolute atomic E-state index is 7.46. The molecular formula is C71H100O12. The molecule has 12 rings (SSSR count). The van der Waals surface area contributed by atoms with E-state index in [0.717, 1.165) is 87.9 Å². The lowest BCUT2D eigenvalue weighted by Crippen LogP contribution is -2.41. The van der Waals surface area contributed by atoms with E-state index in [9.17, 15) is 0 Å². The summed E-state index contributed by atoms with van der Waals surface area (Å²) in [7, 11) is 0. The predicted octanol–water partition coefficient (Wildman–Crippen LogP) is 14.1. The Labute approximate surface area is 497 Å². The molecule has 4 aromatic carbocycles. The van der Waals surface area contributed by atoms with E-state index < -0.39 is 5.60 Å². The summed E-state index contributed by atoms with van der Waals surface area (Å²) in [6.07, 6.45) is 10.7. The molecule has 4 heterocycles. The van der Waals surface area contributed by atoms with Crippen LogP contribution in [0.3, 0.4) is 0 Å². The molecule has 0 saturated heterocycles. The molecule has 83 heavy (non-hydrogen) atoms. The summed E-state index contributed by atoms with van der Waals surface area (Å²) in [5, 5.41) is 0. The van der Waals surface area contributed by atoms with Crippen LogP contribution in [0, 0.1) is 22.7 Å². The molecule has 4 aliphatic carbocycles. The van der Waals surface area contributed by atoms with Crippen LogP contribution in [0.2, 0.25) is 0 Å². The second kappa shape index (κ2) is 26.6. The summed E-state index contributed by atoms with van der Waals surface area (Å²) < 4.78 is 80.4. The fourth-order valence-electron chi connectivity index (χ4n) is 15.6. The molecule has 0 amide bonds. The molecule has 0 radical (unpaired) electrons. The van der Waals surface area contributed by atoms with E-state index >= 15 is 0 Å². The summed E-state index contributed by atoms with van der Waals surface area (Å²) in [4.78, 5) is 0. The molecular weight excluding hydrogens is 1040 g/mol. The molecule has 3 fully saturated rings. The first kappa shape index (κ1) is 61.5. The van der Waals surface area contributed by atoms with Crippen LogP contribution in [0.15, 0.2) is 72.8 Å². The zero-order valence-corrected chi connectivity index (χ0v) is 52.2. The topological polar surface area (TPSA) is 111 Å². The van der Waals surface area contributed by atoms with Crippen LogP contribution in [0.1, 0.15) is 166 Å². The van der Waals surface area contributed by atoms with E-state index in [0.29, 0.717) is 123 Å². The monoisotopic (exact) mass is 1140 g/mol. The van der Waals surface area contributed by atoms with Crippen LogP contribution in [0.25, 0.3) is 0 Å². The van der Waals surface area contributed by atoms with Crippen LogP contribution in [0.5, 0.6) is 34.5 Å². The SMILES string of the molecule is CC(C)(C)CC(C)(C)c1ccc2c(c1)OCCOCCOc1c3cccc1[C@]14CCCC5Cc6cccc(c6OCCOCCO2)C2CCCC(C3)C2OCCOCCOc2cc(C(C)(C)CC(C)(C)C)ccc2OCCOCCOC51C4. The summed E-state index contributed by atoms with van der Waals surface area (Å²) in [5.74, 6) is 5.30. The molecule has 0 N–H and O–H groups in total. The van der Waals surface area contributed by atoms with Gasteiger partial charge in [0.15, 0.2) is 23.0 Å². The molecule has 1 spiro atoms. The van der Waals surface area contributed by atoms with Crippen LogP contribution in [-0.2, 0) is 57.5 Å². The second-order valence-corrected chi connectivity index (χ2v) is 28.4. The summed E-state index contributed by atoms with van der Waals surface area (Å²) in [5.41, 5.74) is 6.84. The normalized spacial score (nSPS) is 26.7. The number of hydrogen-bond acceptors (Lipinski definition) is 12. The van der Waals surface area contributed by atoms with E-state index in [-0.39, 0.29) is 50.9 Å². The average Bonchev–Trinajstić information content (AvgIpc) is 1.52. The molecule has 4 aliphatic heterocycles. The van der Waals surface area contributed by atoms with Crippen molar-refractivity contribution in [3.8, 4) is 34.5 Å². The number of para-hydroxylation sites is 2. The number of rotatable bonds is 4. The molecule has 5 unspecified atom stereocenters. The van der Waals surface area contributed by atoms with E-state index in [1.54, 1.807) is 0 Å². The molecule has 12 heteroatoms. The van der Waals surface area contributed by atoms with Crippen molar-refractivity contribution in [3.05, 3.63) is 106 Å². The zero-order chi connectivity index (χ0) is 58.3. The number of benzene rings is 4. The van der Waals surface area contributed by atoms with Gasteiger partial charge < -0.3 is 56.8 Å². The van der Waals surface area contributed by atoms with Crippen LogP contribution < -0.4 is 28.4 Å². The first-order valence-corrected chi connectivity index (χ1v) is 31.7. The number of hydrogen-bond donors (Lipinski definition) is 0. The van der Waals surface area contributed by atoms with Crippen molar-refractivity contribution in [2.24, 2.45) is 22.7 Å². The van der Waals surface area contributed by atoms with Crippen molar-refractivity contribution >= 4 is 0 Å². The van der Waals surface area contributed by atoms with Crippen molar-refractivity contribution in [2.45, 2.75) is 174 Å². The van der Waals surface area contributed by atoms with Gasteiger partial charge >= 0.3 is 0 Å². The van der Waals surface area contributed by atoms with Gasteiger partial charge in [-0.05, 0) is 138 Å². The van der Waals surface area contributed by atoms with Crippen molar-refractivity contribution in [1.82, 2.24) is 0 Å². The fraction of sp³-hybridized carbons (Fsp3) is 0.662. The Morgan fingerprint density at radius 1 is 0.458 bits per heavy atom. The van der Waals surface area contributed by atoms with Gasteiger partial charge in [-0.25, -0.2) is 0 Å². The van der Waals surface area contributed by atoms with Crippen LogP contribution in [0.4, 0.5) is 0 Å². The third-order valence-corrected chi connectivity index (χ3v) is 18.5. The Kier molecular flexibility index (Phi) is 19.7. The Bertz CT molecular complexity index is 2760. The first-order chi connectivity index (χ1) is 39.8. The maximum Gasteiger partial charge on any atom is 0.161 e. The maximum atomic E-state index is 7.46. The first-order valence-electron chi connectivity index (χ1n) is 31.7. The van der Waals surface area contributed by atoms with Gasteiger partial charge in [-0.3, -0.25) is 0 Å². The summed E-state index contributed by atoms with van der Waals surface area (Å²) in [6, 6.07) is 26.5. The lowest BCUT2D eigenvalue weighted by molar-refractivity contribution is -0.0668. The third kappa shape index (κ3) is 14.8. The quantitative estimate of drug-likeness (QED) is 0.181. The minimum absolute atomic E-state index is 0.0634. The fourth-order valence-corrected chi connectivity index (χ4v) is 15.6. The van der Waals surface area contributed by atoms with Gasteiger partial charge in [0.2, 0.25) is 0 Å². The van der Waals surface area contributed by atoms with Gasteiger partial charge in [-0.1, -0.05) is 131 Å². The van der Waals surface area contributed by atoms with E-state index in [1.807, 2.05) is 6.07 Å². The molecule has 3 saturated carbocycles. The van der Waals surface area contributed by atoms with Crippen LogP contribution >= 0.6 is 0 Å². The van der Waals surface area contributed by atoms with E-state index in [4.69, 9.17) is 56.8 Å². The molecule has 0 aromatic heterocycles. The standard InChI is InChI=1S/C71H100O12/c1-66(2,3)47-68(7,8)53-22-24-59-61(45-53)79-38-30-74-33-41-82-65-51-17-13-21-58(65)70-26-14-18-55-44-52-16-12-20-57(64(52)81-40-32-72-27-35-76-59)56-19-11-15-50(43-51)63(56)80-39-31-73-29-37-78-62-46-54(69(9,10)48-67(4,5)6)23-25-60(62)77-36-28-75-34-42-83-71(55,70)49-70/h12-13,16-17,20-25,45-46,50,55-56,63H,11,14-15,18-19,26-44,47-49H2,1-10H3/t50?,55?,56?,63?,70-,71?/m1/s1.